The molecule has 1 aliphatic carbocycles. The summed E-state index contributed by atoms with van der Waals surface area (Å²) in [6.45, 7) is 2.03. The van der Waals surface area contributed by atoms with E-state index in [9.17, 15) is 0 Å². The van der Waals surface area contributed by atoms with Crippen LogP contribution in [0, 0.1) is 6.92 Å². The first-order valence-corrected chi connectivity index (χ1v) is 10.8. The average Bonchev–Trinajstić information content (AvgIpc) is 2.99. The van der Waals surface area contributed by atoms with Crippen LogP contribution in [0.25, 0.3) is 11.1 Å². The van der Waals surface area contributed by atoms with Crippen LogP contribution in [0.5, 0.6) is 0 Å². The zero-order valence-corrected chi connectivity index (χ0v) is 18.5. The van der Waals surface area contributed by atoms with Gasteiger partial charge in [-0.25, -0.2) is 0 Å². The van der Waals surface area contributed by atoms with Gasteiger partial charge in [-0.15, -0.1) is 0 Å². The summed E-state index contributed by atoms with van der Waals surface area (Å²) in [5, 5.41) is 0. The van der Waals surface area contributed by atoms with E-state index >= 15 is 0 Å². The largest absolute Gasteiger partial charge is 0.261 e. The quantitative estimate of drug-likeness (QED) is 0.253. The lowest BCUT2D eigenvalue weighted by Crippen LogP contribution is -2.28. The molecule has 3 aromatic carbocycles. The van der Waals surface area contributed by atoms with Crippen LogP contribution in [-0.2, 0) is 5.41 Å². The van der Waals surface area contributed by atoms with Crippen molar-refractivity contribution in [2.75, 3.05) is 0 Å². The highest BCUT2D eigenvalue weighted by Gasteiger charge is 2.46. The number of benzene rings is 3. The van der Waals surface area contributed by atoms with Crippen molar-refractivity contribution in [3.8, 4) is 11.1 Å². The van der Waals surface area contributed by atoms with Gasteiger partial charge in [0.2, 0.25) is 0 Å². The van der Waals surface area contributed by atoms with E-state index in [0.29, 0.717) is 0 Å². The second-order valence-electron chi connectivity index (χ2n) is 7.18. The van der Waals surface area contributed by atoms with Gasteiger partial charge in [0.1, 0.15) is 0 Å². The van der Waals surface area contributed by atoms with Gasteiger partial charge >= 0.3 is 0 Å². The van der Waals surface area contributed by atoms with Gasteiger partial charge in [-0.1, -0.05) is 80.4 Å². The maximum atomic E-state index is 4.66. The molecule has 0 saturated carbocycles. The number of hydrogen-bond donors (Lipinski definition) is 0. The lowest BCUT2D eigenvalue weighted by atomic mass is 9.68. The van der Waals surface area contributed by atoms with Crippen LogP contribution >= 0.6 is 31.9 Å². The van der Waals surface area contributed by atoms with Crippen LogP contribution in [0.3, 0.4) is 0 Å². The summed E-state index contributed by atoms with van der Waals surface area (Å²) in [5.74, 6) is 0. The van der Waals surface area contributed by atoms with E-state index in [0.717, 1.165) is 14.6 Å². The molecule has 0 unspecified atom stereocenters. The molecular formula is C25H17Br2N. The number of halogens is 2. The van der Waals surface area contributed by atoms with Crippen molar-refractivity contribution in [2.24, 2.45) is 0 Å². The topological polar surface area (TPSA) is 12.9 Å². The fourth-order valence-electron chi connectivity index (χ4n) is 4.43. The predicted molar refractivity (Wildman–Crippen MR) is 122 cm³/mol. The first-order chi connectivity index (χ1) is 13.6. The molecule has 1 aliphatic rings. The molecule has 0 N–H and O–H groups in total. The van der Waals surface area contributed by atoms with E-state index in [1.54, 1.807) is 0 Å². The van der Waals surface area contributed by atoms with Gasteiger partial charge in [0.15, 0.2) is 0 Å². The fraction of sp³-hybridized carbons (Fsp3) is 0.0800. The summed E-state index contributed by atoms with van der Waals surface area (Å²) >= 11 is 7.42. The number of rotatable bonds is 2. The molecule has 0 amide bonds. The highest BCUT2D eigenvalue weighted by Crippen LogP contribution is 2.56. The van der Waals surface area contributed by atoms with Gasteiger partial charge in [0.25, 0.3) is 0 Å². The molecule has 1 aromatic heterocycles. The second-order valence-corrected chi connectivity index (χ2v) is 9.02. The Balaban J connectivity index is 1.98. The molecule has 0 fully saturated rings. The molecule has 1 heterocycles. The Bertz CT molecular complexity index is 1130. The maximum absolute atomic E-state index is 4.66. The van der Waals surface area contributed by atoms with Crippen molar-refractivity contribution < 1.29 is 0 Å². The first-order valence-electron chi connectivity index (χ1n) is 9.20. The smallest absolute Gasteiger partial charge is 0.0729 e. The van der Waals surface area contributed by atoms with E-state index < -0.39 is 5.41 Å². The normalized spacial score (nSPS) is 13.8. The Labute approximate surface area is 181 Å². The average molecular weight is 491 g/mol. The summed E-state index contributed by atoms with van der Waals surface area (Å²) in [5.41, 5.74) is 8.16. The van der Waals surface area contributed by atoms with Crippen molar-refractivity contribution in [3.63, 3.8) is 0 Å². The van der Waals surface area contributed by atoms with Crippen molar-refractivity contribution >= 4 is 31.9 Å². The van der Waals surface area contributed by atoms with Crippen molar-refractivity contribution in [1.29, 1.82) is 0 Å². The number of hydrogen-bond acceptors (Lipinski definition) is 1. The maximum Gasteiger partial charge on any atom is 0.0729 e. The summed E-state index contributed by atoms with van der Waals surface area (Å²) in [7, 11) is 0. The predicted octanol–water partition coefficient (Wildman–Crippen LogP) is 7.28. The van der Waals surface area contributed by atoms with Gasteiger partial charge in [-0.2, -0.15) is 0 Å². The Morgan fingerprint density at radius 1 is 0.679 bits per heavy atom. The third-order valence-corrected chi connectivity index (χ3v) is 6.60. The molecule has 1 nitrogen and oxygen atoms in total. The van der Waals surface area contributed by atoms with E-state index in [1.807, 2.05) is 13.1 Å². The summed E-state index contributed by atoms with van der Waals surface area (Å²) in [6.07, 6.45) is 2.03. The molecule has 0 bridgehead atoms. The highest BCUT2D eigenvalue weighted by molar-refractivity contribution is 9.10. The van der Waals surface area contributed by atoms with Crippen LogP contribution in [0.1, 0.15) is 27.9 Å². The number of pyridine rings is 1. The van der Waals surface area contributed by atoms with Crippen LogP contribution in [0.15, 0.2) is 94.0 Å². The highest BCUT2D eigenvalue weighted by atomic mass is 79.9. The summed E-state index contributed by atoms with van der Waals surface area (Å²) in [4.78, 5) is 4.66. The van der Waals surface area contributed by atoms with E-state index in [-0.39, 0.29) is 0 Å². The first kappa shape index (κ1) is 17.8. The van der Waals surface area contributed by atoms with Crippen molar-refractivity contribution in [3.05, 3.63) is 122 Å². The summed E-state index contributed by atoms with van der Waals surface area (Å²) in [6, 6.07) is 28.3. The molecule has 0 spiro atoms. The number of aromatic nitrogens is 1. The third-order valence-electron chi connectivity index (χ3n) is 5.61. The molecule has 3 heteroatoms. The SMILES string of the molecule is Cc1ccc(C2(c3ccccc3)c3cc(Br)ccc3-c3ccc(Br)cc32)cn1. The number of nitrogens with zero attached hydrogens (tertiary/aromatic N) is 1. The lowest BCUT2D eigenvalue weighted by molar-refractivity contribution is 0.760. The molecule has 5 rings (SSSR count). The zero-order chi connectivity index (χ0) is 19.3. The van der Waals surface area contributed by atoms with Crippen LogP contribution in [0.2, 0.25) is 0 Å². The zero-order valence-electron chi connectivity index (χ0n) is 15.3. The Kier molecular flexibility index (Phi) is 4.26. The van der Waals surface area contributed by atoms with Crippen LogP contribution < -0.4 is 0 Å². The molecule has 0 saturated heterocycles. The molecule has 0 aliphatic heterocycles. The minimum Gasteiger partial charge on any atom is -0.261 e. The minimum absolute atomic E-state index is 0.403. The molecule has 4 aromatic rings. The standard InChI is InChI=1S/C25H17Br2N/c1-16-7-8-18(15-28-16)25(17-5-3-2-4-6-17)23-13-19(26)9-11-21(23)22-12-10-20(27)14-24(22)25/h2-15H,1H3. The van der Waals surface area contributed by atoms with Crippen LogP contribution in [-0.4, -0.2) is 4.98 Å². The van der Waals surface area contributed by atoms with Crippen molar-refractivity contribution in [2.45, 2.75) is 12.3 Å². The Morgan fingerprint density at radius 3 is 1.82 bits per heavy atom. The Morgan fingerprint density at radius 2 is 1.29 bits per heavy atom. The van der Waals surface area contributed by atoms with E-state index in [1.165, 1.54) is 33.4 Å². The van der Waals surface area contributed by atoms with Gasteiger partial charge in [-0.05, 0) is 70.6 Å². The van der Waals surface area contributed by atoms with Gasteiger partial charge < -0.3 is 0 Å². The number of aryl methyl sites for hydroxylation is 1. The fourth-order valence-corrected chi connectivity index (χ4v) is 5.16. The molecule has 136 valence electrons. The molecule has 0 radical (unpaired) electrons. The molecule has 0 atom stereocenters. The van der Waals surface area contributed by atoms with Gasteiger partial charge in [0, 0.05) is 20.8 Å². The third kappa shape index (κ3) is 2.53. The molecule has 28 heavy (non-hydrogen) atoms. The van der Waals surface area contributed by atoms with E-state index in [2.05, 4.69) is 116 Å². The Hall–Kier alpha value is -2.23. The van der Waals surface area contributed by atoms with Crippen molar-refractivity contribution in [1.82, 2.24) is 4.98 Å². The second kappa shape index (κ2) is 6.68. The molecular weight excluding hydrogens is 474 g/mol. The van der Waals surface area contributed by atoms with Gasteiger partial charge in [0.05, 0.1) is 5.41 Å². The van der Waals surface area contributed by atoms with Crippen LogP contribution in [0.4, 0.5) is 0 Å². The minimum atomic E-state index is -0.403. The number of fused-ring (bicyclic) bond motifs is 3. The van der Waals surface area contributed by atoms with E-state index in [4.69, 9.17) is 0 Å². The van der Waals surface area contributed by atoms with Gasteiger partial charge in [-0.3, -0.25) is 4.98 Å². The lowest BCUT2D eigenvalue weighted by Gasteiger charge is -2.33. The monoisotopic (exact) mass is 489 g/mol. The summed E-state index contributed by atoms with van der Waals surface area (Å²) < 4.78 is 2.16.